The van der Waals surface area contributed by atoms with Gasteiger partial charge in [0.25, 0.3) is 0 Å². The number of aliphatic hydroxyl groups is 1. The summed E-state index contributed by atoms with van der Waals surface area (Å²) in [5.41, 5.74) is 0. The van der Waals surface area contributed by atoms with Crippen LogP contribution in [-0.2, 0) is 19.6 Å². The molecule has 0 aromatic heterocycles. The number of aliphatic hydroxyl groups excluding tert-OH is 1. The van der Waals surface area contributed by atoms with Crippen LogP contribution in [0.25, 0.3) is 0 Å². The number of carbonyl (C=O) groups is 1. The van der Waals surface area contributed by atoms with Crippen LogP contribution >= 0.6 is 0 Å². The molecule has 1 amide bonds. The number of ether oxygens (including phenoxy) is 1. The molecule has 1 aliphatic rings. The summed E-state index contributed by atoms with van der Waals surface area (Å²) in [6.07, 6.45) is 2.98. The highest BCUT2D eigenvalue weighted by molar-refractivity contribution is 7.89. The monoisotopic (exact) mass is 411 g/mol. The maximum Gasteiger partial charge on any atom is 0.241 e. The van der Waals surface area contributed by atoms with Gasteiger partial charge in [0.15, 0.2) is 0 Å². The smallest absolute Gasteiger partial charge is 0.241 e. The number of amides is 1. The van der Waals surface area contributed by atoms with E-state index in [1.165, 1.54) is 12.1 Å². The molecule has 0 spiro atoms. The highest BCUT2D eigenvalue weighted by atomic mass is 32.2. The van der Waals surface area contributed by atoms with Crippen molar-refractivity contribution in [2.75, 3.05) is 33.8 Å². The first-order valence-corrected chi connectivity index (χ1v) is 10.7. The van der Waals surface area contributed by atoms with E-state index in [4.69, 9.17) is 4.74 Å². The second-order valence-corrected chi connectivity index (χ2v) is 8.67. The van der Waals surface area contributed by atoms with E-state index in [1.54, 1.807) is 30.4 Å². The molecule has 0 bridgehead atoms. The summed E-state index contributed by atoms with van der Waals surface area (Å²) in [5.74, 6) is -0.145. The van der Waals surface area contributed by atoms with Crippen molar-refractivity contribution >= 4 is 15.9 Å². The molecular formula is C19H29N3O5S. The van der Waals surface area contributed by atoms with Gasteiger partial charge in [-0.2, -0.15) is 0 Å². The van der Waals surface area contributed by atoms with E-state index in [0.29, 0.717) is 6.54 Å². The van der Waals surface area contributed by atoms with Crippen LogP contribution in [0.3, 0.4) is 0 Å². The molecule has 0 radical (unpaired) electrons. The van der Waals surface area contributed by atoms with Crippen LogP contribution < -0.4 is 10.0 Å². The van der Waals surface area contributed by atoms with Crippen molar-refractivity contribution in [2.24, 2.45) is 0 Å². The predicted octanol–water partition coefficient (Wildman–Crippen LogP) is 0.107. The zero-order valence-corrected chi connectivity index (χ0v) is 17.1. The minimum absolute atomic E-state index is 0.118. The van der Waals surface area contributed by atoms with E-state index in [0.717, 1.165) is 13.0 Å². The lowest BCUT2D eigenvalue weighted by molar-refractivity contribution is -0.125. The van der Waals surface area contributed by atoms with Crippen molar-refractivity contribution in [3.63, 3.8) is 0 Å². The molecule has 1 aliphatic heterocycles. The van der Waals surface area contributed by atoms with Crippen molar-refractivity contribution in [3.05, 3.63) is 42.5 Å². The molecule has 156 valence electrons. The van der Waals surface area contributed by atoms with E-state index in [1.807, 2.05) is 19.0 Å². The summed E-state index contributed by atoms with van der Waals surface area (Å²) in [6, 6.07) is 7.28. The van der Waals surface area contributed by atoms with Gasteiger partial charge in [0.05, 0.1) is 30.1 Å². The lowest BCUT2D eigenvalue weighted by Crippen LogP contribution is -2.49. The van der Waals surface area contributed by atoms with Crippen LogP contribution in [0.15, 0.2) is 47.4 Å². The van der Waals surface area contributed by atoms with Crippen LogP contribution in [-0.4, -0.2) is 76.4 Å². The van der Waals surface area contributed by atoms with Gasteiger partial charge in [-0.05, 0) is 39.2 Å². The van der Waals surface area contributed by atoms with Crippen LogP contribution in [0.1, 0.15) is 12.8 Å². The van der Waals surface area contributed by atoms with E-state index >= 15 is 0 Å². The number of benzene rings is 1. The molecule has 0 aliphatic carbocycles. The zero-order valence-electron chi connectivity index (χ0n) is 16.2. The fraction of sp³-hybridized carbons (Fsp3) is 0.526. The van der Waals surface area contributed by atoms with Gasteiger partial charge in [0.1, 0.15) is 6.10 Å². The normalized spacial score (nSPS) is 22.4. The van der Waals surface area contributed by atoms with Gasteiger partial charge in [-0.1, -0.05) is 30.4 Å². The van der Waals surface area contributed by atoms with Gasteiger partial charge in [-0.15, -0.1) is 0 Å². The van der Waals surface area contributed by atoms with E-state index in [-0.39, 0.29) is 23.8 Å². The average molecular weight is 412 g/mol. The second kappa shape index (κ2) is 10.7. The molecule has 1 aromatic rings. The van der Waals surface area contributed by atoms with Crippen molar-refractivity contribution in [1.29, 1.82) is 0 Å². The Balaban J connectivity index is 1.90. The summed E-state index contributed by atoms with van der Waals surface area (Å²) in [7, 11) is 0.203. The molecular weight excluding hydrogens is 382 g/mol. The molecule has 0 saturated heterocycles. The van der Waals surface area contributed by atoms with Gasteiger partial charge in [-0.25, -0.2) is 13.1 Å². The summed E-state index contributed by atoms with van der Waals surface area (Å²) < 4.78 is 33.2. The predicted molar refractivity (Wildman–Crippen MR) is 106 cm³/mol. The maximum absolute atomic E-state index is 12.5. The molecule has 0 saturated carbocycles. The fourth-order valence-electron chi connectivity index (χ4n) is 2.83. The quantitative estimate of drug-likeness (QED) is 0.373. The minimum atomic E-state index is -3.74. The summed E-state index contributed by atoms with van der Waals surface area (Å²) in [5, 5.41) is 12.4. The van der Waals surface area contributed by atoms with Crippen LogP contribution in [0.4, 0.5) is 0 Å². The minimum Gasteiger partial charge on any atom is -0.394 e. The third-order valence-electron chi connectivity index (χ3n) is 4.30. The Hall–Kier alpha value is -1.78. The van der Waals surface area contributed by atoms with Gasteiger partial charge < -0.3 is 20.1 Å². The Labute approximate surface area is 166 Å². The number of nitrogens with one attached hydrogen (secondary N) is 2. The summed E-state index contributed by atoms with van der Waals surface area (Å²) >= 11 is 0. The lowest BCUT2D eigenvalue weighted by Gasteiger charge is -2.31. The molecule has 0 unspecified atom stereocenters. The molecule has 3 atom stereocenters. The maximum atomic E-state index is 12.5. The Kier molecular flexibility index (Phi) is 8.58. The molecule has 2 rings (SSSR count). The Morgan fingerprint density at radius 3 is 2.57 bits per heavy atom. The van der Waals surface area contributed by atoms with Crippen LogP contribution in [0.2, 0.25) is 0 Å². The van der Waals surface area contributed by atoms with Crippen molar-refractivity contribution in [1.82, 2.24) is 14.9 Å². The molecule has 28 heavy (non-hydrogen) atoms. The Morgan fingerprint density at radius 1 is 1.21 bits per heavy atom. The highest BCUT2D eigenvalue weighted by Crippen LogP contribution is 2.18. The topological polar surface area (TPSA) is 108 Å². The zero-order chi connectivity index (χ0) is 20.6. The third kappa shape index (κ3) is 6.99. The molecule has 0 fully saturated rings. The van der Waals surface area contributed by atoms with Crippen molar-refractivity contribution < 1.29 is 23.1 Å². The highest BCUT2D eigenvalue weighted by Gasteiger charge is 2.31. The molecule has 1 heterocycles. The van der Waals surface area contributed by atoms with Crippen molar-refractivity contribution in [3.8, 4) is 0 Å². The largest absolute Gasteiger partial charge is 0.394 e. The van der Waals surface area contributed by atoms with Gasteiger partial charge in [0, 0.05) is 6.54 Å². The third-order valence-corrected chi connectivity index (χ3v) is 5.77. The van der Waals surface area contributed by atoms with Crippen LogP contribution in [0, 0.1) is 0 Å². The molecule has 9 heteroatoms. The summed E-state index contributed by atoms with van der Waals surface area (Å²) in [4.78, 5) is 14.2. The van der Waals surface area contributed by atoms with E-state index in [9.17, 15) is 18.3 Å². The first-order valence-electron chi connectivity index (χ1n) is 9.25. The fourth-order valence-corrected chi connectivity index (χ4v) is 4.08. The average Bonchev–Trinajstić information content (AvgIpc) is 2.67. The Morgan fingerprint density at radius 2 is 1.93 bits per heavy atom. The van der Waals surface area contributed by atoms with E-state index in [2.05, 4.69) is 10.0 Å². The number of hydrogen-bond donors (Lipinski definition) is 3. The molecule has 8 nitrogen and oxygen atoms in total. The number of hydrogen-bond acceptors (Lipinski definition) is 6. The Bertz CT molecular complexity index is 752. The van der Waals surface area contributed by atoms with Crippen LogP contribution in [0.5, 0.6) is 0 Å². The van der Waals surface area contributed by atoms with Gasteiger partial charge in [-0.3, -0.25) is 4.79 Å². The first-order chi connectivity index (χ1) is 13.3. The van der Waals surface area contributed by atoms with Crippen molar-refractivity contribution in [2.45, 2.75) is 36.0 Å². The number of sulfonamides is 1. The van der Waals surface area contributed by atoms with Gasteiger partial charge in [0.2, 0.25) is 15.9 Å². The second-order valence-electron chi connectivity index (χ2n) is 6.95. The first kappa shape index (κ1) is 22.5. The number of rotatable bonds is 10. The standard InChI is InChI=1S/C19H29N3O5S/c1-22(2)12-6-11-20-19(24)13-15-9-10-17(18(14-23)27-15)21-28(25,26)16-7-4-3-5-8-16/h3-5,7-10,15,17-18,21,23H,6,11-14H2,1-2H3,(H,20,24)/t15-,17+,18-/m0/s1. The molecule has 3 N–H and O–H groups in total. The molecule has 1 aromatic carbocycles. The van der Waals surface area contributed by atoms with Gasteiger partial charge >= 0.3 is 0 Å². The lowest BCUT2D eigenvalue weighted by atomic mass is 10.1. The number of carbonyl (C=O) groups excluding carboxylic acids is 1. The van der Waals surface area contributed by atoms with E-state index < -0.39 is 28.3 Å². The number of nitrogens with zero attached hydrogens (tertiary/aromatic N) is 1. The summed E-state index contributed by atoms with van der Waals surface area (Å²) in [6.45, 7) is 1.10. The SMILES string of the molecule is CN(C)CCCNC(=O)C[C@@H]1C=C[C@@H](NS(=O)(=O)c2ccccc2)[C@H](CO)O1.